The van der Waals surface area contributed by atoms with Crippen LogP contribution >= 0.6 is 11.6 Å². The number of hydrogen-bond donors (Lipinski definition) is 1. The number of allylic oxidation sites excluding steroid dienone is 4. The largest absolute Gasteiger partial charge is 0.490 e. The zero-order chi connectivity index (χ0) is 33.8. The third kappa shape index (κ3) is 6.60. The van der Waals surface area contributed by atoms with Gasteiger partial charge in [-0.05, 0) is 67.3 Å². The Morgan fingerprint density at radius 1 is 0.957 bits per heavy atom. The Labute approximate surface area is 275 Å². The van der Waals surface area contributed by atoms with Crippen molar-refractivity contribution in [3.63, 3.8) is 0 Å². The van der Waals surface area contributed by atoms with Crippen LogP contribution in [0.1, 0.15) is 83.8 Å². The minimum atomic E-state index is -4.28. The van der Waals surface area contributed by atoms with Gasteiger partial charge in [0.05, 0.1) is 18.1 Å². The quantitative estimate of drug-likeness (QED) is 0.281. The summed E-state index contributed by atoms with van der Waals surface area (Å²) in [5, 5.41) is 9.55. The summed E-state index contributed by atoms with van der Waals surface area (Å²) >= 11 is 6.79. The number of halogens is 1. The molecule has 0 radical (unpaired) electrons. The highest BCUT2D eigenvalue weighted by molar-refractivity contribution is 7.87. The van der Waals surface area contributed by atoms with Gasteiger partial charge in [-0.2, -0.15) is 8.42 Å². The summed E-state index contributed by atoms with van der Waals surface area (Å²) in [7, 11) is -4.28. The summed E-state index contributed by atoms with van der Waals surface area (Å²) in [5.74, 6) is -2.15. The molecule has 246 valence electrons. The number of ether oxygens (including phenoxy) is 1. The number of hydrogen-bond acceptors (Lipinski definition) is 8. The Bertz CT molecular complexity index is 1730. The van der Waals surface area contributed by atoms with Crippen molar-refractivity contribution in [2.45, 2.75) is 84.5 Å². The van der Waals surface area contributed by atoms with Gasteiger partial charge in [-0.3, -0.25) is 14.4 Å². The van der Waals surface area contributed by atoms with Crippen LogP contribution in [0.3, 0.4) is 0 Å². The van der Waals surface area contributed by atoms with E-state index in [1.54, 1.807) is 25.1 Å². The van der Waals surface area contributed by atoms with Crippen LogP contribution in [0, 0.1) is 17.8 Å². The van der Waals surface area contributed by atoms with Crippen LogP contribution in [0.25, 0.3) is 0 Å². The molecule has 2 aliphatic carbocycles. The van der Waals surface area contributed by atoms with Crippen LogP contribution in [0.5, 0.6) is 11.5 Å². The van der Waals surface area contributed by atoms with E-state index in [0.29, 0.717) is 40.9 Å². The first-order valence-corrected chi connectivity index (χ1v) is 17.2. The van der Waals surface area contributed by atoms with Gasteiger partial charge in [0.2, 0.25) is 5.75 Å². The Balaban J connectivity index is 1.71. The second kappa shape index (κ2) is 12.2. The monoisotopic (exact) mass is 669 g/mol. The topological polar surface area (TPSA) is 127 Å². The molecule has 0 saturated heterocycles. The van der Waals surface area contributed by atoms with E-state index >= 15 is 0 Å². The van der Waals surface area contributed by atoms with Gasteiger partial charge in [-0.1, -0.05) is 57.0 Å². The zero-order valence-corrected chi connectivity index (χ0v) is 28.6. The molecule has 5 rings (SSSR count). The average molecular weight is 670 g/mol. The molecule has 0 unspecified atom stereocenters. The second-order valence-electron chi connectivity index (χ2n) is 13.9. The minimum absolute atomic E-state index is 0.0511. The number of nitrogens with zero attached hydrogens (tertiary/aromatic N) is 1. The van der Waals surface area contributed by atoms with Crippen LogP contribution in [0.4, 0.5) is 0 Å². The van der Waals surface area contributed by atoms with Crippen molar-refractivity contribution in [3.8, 4) is 11.5 Å². The second-order valence-corrected chi connectivity index (χ2v) is 15.9. The first kappa shape index (κ1) is 33.7. The lowest BCUT2D eigenvalue weighted by atomic mass is 9.63. The molecule has 3 aliphatic rings. The van der Waals surface area contributed by atoms with Gasteiger partial charge in [0.15, 0.2) is 17.3 Å². The molecule has 1 heterocycles. The van der Waals surface area contributed by atoms with E-state index in [-0.39, 0.29) is 76.2 Å². The van der Waals surface area contributed by atoms with Gasteiger partial charge in [0, 0.05) is 47.8 Å². The molecule has 0 aromatic heterocycles. The fourth-order valence-electron chi connectivity index (χ4n) is 6.82. The highest BCUT2D eigenvalue weighted by atomic mass is 35.5. The molecule has 0 amide bonds. The molecule has 0 bridgehead atoms. The molecule has 0 fully saturated rings. The van der Waals surface area contributed by atoms with Crippen LogP contribution in [0.2, 0.25) is 5.02 Å². The number of Topliss-reactive ketones (excluding diaryl/α,β-unsaturated/α-hetero) is 2. The highest BCUT2D eigenvalue weighted by Gasteiger charge is 2.49. The fraction of sp³-hybridized carbons (Fsp3) is 0.457. The van der Waals surface area contributed by atoms with Crippen LogP contribution < -0.4 is 8.92 Å². The van der Waals surface area contributed by atoms with E-state index in [0.717, 1.165) is 5.56 Å². The molecule has 2 aromatic rings. The Morgan fingerprint density at radius 3 is 2.00 bits per heavy atom. The Hall–Kier alpha value is -3.63. The maximum atomic E-state index is 14.0. The predicted molar refractivity (Wildman–Crippen MR) is 173 cm³/mol. The first-order chi connectivity index (χ1) is 21.4. The standard InChI is InChI=1S/C35H40ClNO8S/c1-7-44-28-15-21(14-23(36)33(28)45-46(42,43)22-10-8-20(2)9-11-22)30-31-24(16-34(3,4)18-26(31)38)37(13-12-29(40)41)25-17-35(5,6)19-27(39)32(25)30/h8-11,14-15,30H,7,12-13,16-19H2,1-6H3,(H,40,41). The van der Waals surface area contributed by atoms with Crippen LogP contribution in [-0.4, -0.2) is 49.1 Å². The third-order valence-corrected chi connectivity index (χ3v) is 10.3. The van der Waals surface area contributed by atoms with E-state index in [4.69, 9.17) is 20.5 Å². The molecule has 46 heavy (non-hydrogen) atoms. The summed E-state index contributed by atoms with van der Waals surface area (Å²) in [6.45, 7) is 11.9. The molecule has 1 aliphatic heterocycles. The lowest BCUT2D eigenvalue weighted by molar-refractivity contribution is -0.137. The van der Waals surface area contributed by atoms with Gasteiger partial charge in [-0.25, -0.2) is 0 Å². The third-order valence-electron chi connectivity index (χ3n) is 8.74. The minimum Gasteiger partial charge on any atom is -0.490 e. The van der Waals surface area contributed by atoms with Crippen molar-refractivity contribution in [1.82, 2.24) is 4.90 Å². The Morgan fingerprint density at radius 2 is 1.50 bits per heavy atom. The number of carbonyl (C=O) groups excluding carboxylic acids is 2. The van der Waals surface area contributed by atoms with E-state index < -0.39 is 22.0 Å². The lowest BCUT2D eigenvalue weighted by Crippen LogP contribution is -2.45. The highest BCUT2D eigenvalue weighted by Crippen LogP contribution is 2.55. The van der Waals surface area contributed by atoms with E-state index in [9.17, 15) is 27.9 Å². The molecule has 0 saturated carbocycles. The van der Waals surface area contributed by atoms with E-state index in [1.165, 1.54) is 18.2 Å². The maximum Gasteiger partial charge on any atom is 0.339 e. The molecule has 9 nitrogen and oxygen atoms in total. The normalized spacial score (nSPS) is 19.6. The molecule has 11 heteroatoms. The summed E-state index contributed by atoms with van der Waals surface area (Å²) in [5.41, 5.74) is 2.92. The number of benzene rings is 2. The smallest absolute Gasteiger partial charge is 0.339 e. The molecule has 2 aromatic carbocycles. The molecule has 0 atom stereocenters. The molecular weight excluding hydrogens is 630 g/mol. The summed E-state index contributed by atoms with van der Waals surface area (Å²) < 4.78 is 37.9. The average Bonchev–Trinajstić information content (AvgIpc) is 2.92. The van der Waals surface area contributed by atoms with Gasteiger partial charge < -0.3 is 18.9 Å². The van der Waals surface area contributed by atoms with Crippen molar-refractivity contribution in [2.75, 3.05) is 13.2 Å². The summed E-state index contributed by atoms with van der Waals surface area (Å²) in [6.07, 6.45) is 1.36. The molecule has 0 spiro atoms. The van der Waals surface area contributed by atoms with Crippen LogP contribution in [-0.2, 0) is 24.5 Å². The number of ketones is 2. The van der Waals surface area contributed by atoms with Crippen molar-refractivity contribution in [1.29, 1.82) is 0 Å². The van der Waals surface area contributed by atoms with Gasteiger partial charge in [-0.15, -0.1) is 0 Å². The van der Waals surface area contributed by atoms with Gasteiger partial charge >= 0.3 is 16.1 Å². The number of aryl methyl sites for hydroxylation is 1. The number of carboxylic acid groups (broad SMARTS) is 1. The fourth-order valence-corrected chi connectivity index (χ4v) is 8.08. The number of carbonyl (C=O) groups is 3. The number of aliphatic carboxylic acids is 1. The van der Waals surface area contributed by atoms with Gasteiger partial charge in [0.25, 0.3) is 0 Å². The SMILES string of the molecule is CCOc1cc(C2C3=C(CC(C)(C)CC3=O)N(CCC(=O)O)C3=C2C(=O)CC(C)(C)C3)cc(Cl)c1OS(=O)(=O)c1ccc(C)cc1. The first-order valence-electron chi connectivity index (χ1n) is 15.4. The van der Waals surface area contributed by atoms with Crippen molar-refractivity contribution in [3.05, 3.63) is 75.1 Å². The van der Waals surface area contributed by atoms with Crippen molar-refractivity contribution in [2.24, 2.45) is 10.8 Å². The van der Waals surface area contributed by atoms with Gasteiger partial charge in [0.1, 0.15) is 4.90 Å². The Kier molecular flexibility index (Phi) is 8.94. The van der Waals surface area contributed by atoms with E-state index in [1.807, 2.05) is 39.5 Å². The van der Waals surface area contributed by atoms with E-state index in [2.05, 4.69) is 0 Å². The van der Waals surface area contributed by atoms with Crippen LogP contribution in [0.15, 0.2) is 63.8 Å². The number of carboxylic acids is 1. The van der Waals surface area contributed by atoms with Crippen molar-refractivity contribution >= 4 is 39.3 Å². The lowest BCUT2D eigenvalue weighted by Gasteiger charge is -2.49. The summed E-state index contributed by atoms with van der Waals surface area (Å²) in [4.78, 5) is 41.7. The summed E-state index contributed by atoms with van der Waals surface area (Å²) in [6, 6.07) is 9.35. The molecule has 1 N–H and O–H groups in total. The predicted octanol–water partition coefficient (Wildman–Crippen LogP) is 6.98. The van der Waals surface area contributed by atoms with Crippen molar-refractivity contribution < 1.29 is 36.8 Å². The maximum absolute atomic E-state index is 14.0. The zero-order valence-electron chi connectivity index (χ0n) is 27.0. The molecular formula is C35H40ClNO8S. The number of rotatable bonds is 9.